The highest BCUT2D eigenvalue weighted by Crippen LogP contribution is 2.19. The van der Waals surface area contributed by atoms with E-state index in [1.54, 1.807) is 0 Å². The van der Waals surface area contributed by atoms with Crippen molar-refractivity contribution in [2.75, 3.05) is 6.61 Å². The van der Waals surface area contributed by atoms with Gasteiger partial charge in [0.1, 0.15) is 0 Å². The highest BCUT2D eigenvalue weighted by Gasteiger charge is 2.12. The summed E-state index contributed by atoms with van der Waals surface area (Å²) in [6.45, 7) is 4.66. The van der Waals surface area contributed by atoms with Crippen LogP contribution in [-0.2, 0) is 0 Å². The second-order valence-corrected chi connectivity index (χ2v) is 4.31. The van der Waals surface area contributed by atoms with Crippen molar-refractivity contribution in [1.29, 1.82) is 0 Å². The second-order valence-electron chi connectivity index (χ2n) is 4.31. The zero-order chi connectivity index (χ0) is 11.8. The maximum Gasteiger partial charge on any atom is 0.0431 e. The summed E-state index contributed by atoms with van der Waals surface area (Å²) in [5, 5.41) is 12.5. The van der Waals surface area contributed by atoms with Gasteiger partial charge >= 0.3 is 0 Å². The number of benzene rings is 1. The fraction of sp³-hybridized carbons (Fsp3) is 0.571. The fourth-order valence-corrected chi connectivity index (χ4v) is 1.79. The molecule has 2 unspecified atom stereocenters. The summed E-state index contributed by atoms with van der Waals surface area (Å²) in [4.78, 5) is 0. The smallest absolute Gasteiger partial charge is 0.0431 e. The molecular weight excluding hydrogens is 198 g/mol. The van der Waals surface area contributed by atoms with Crippen molar-refractivity contribution in [2.45, 2.75) is 45.2 Å². The molecule has 0 aliphatic rings. The van der Waals surface area contributed by atoms with E-state index in [2.05, 4.69) is 43.4 Å². The Bertz CT molecular complexity index is 273. The van der Waals surface area contributed by atoms with Crippen LogP contribution in [-0.4, -0.2) is 17.8 Å². The van der Waals surface area contributed by atoms with Crippen molar-refractivity contribution in [2.24, 2.45) is 0 Å². The van der Waals surface area contributed by atoms with Crippen molar-refractivity contribution in [3.63, 3.8) is 0 Å². The highest BCUT2D eigenvalue weighted by molar-refractivity contribution is 5.18. The lowest BCUT2D eigenvalue weighted by Gasteiger charge is -2.23. The summed E-state index contributed by atoms with van der Waals surface area (Å²) in [6, 6.07) is 11.4. The molecule has 0 saturated carbocycles. The maximum absolute atomic E-state index is 8.93. The summed E-state index contributed by atoms with van der Waals surface area (Å²) in [5.41, 5.74) is 1.32. The van der Waals surface area contributed by atoms with Gasteiger partial charge in [-0.15, -0.1) is 0 Å². The largest absolute Gasteiger partial charge is 0.396 e. The molecule has 0 amide bonds. The molecule has 1 aromatic carbocycles. The van der Waals surface area contributed by atoms with Gasteiger partial charge in [0.15, 0.2) is 0 Å². The van der Waals surface area contributed by atoms with Crippen LogP contribution in [0.3, 0.4) is 0 Å². The van der Waals surface area contributed by atoms with Crippen molar-refractivity contribution < 1.29 is 5.11 Å². The third-order valence-electron chi connectivity index (χ3n) is 2.95. The minimum atomic E-state index is 0.269. The average Bonchev–Trinajstić information content (AvgIpc) is 2.35. The predicted octanol–water partition coefficient (Wildman–Crippen LogP) is 2.89. The molecule has 0 radical (unpaired) electrons. The molecule has 1 rings (SSSR count). The Morgan fingerprint density at radius 2 is 1.94 bits per heavy atom. The van der Waals surface area contributed by atoms with Crippen LogP contribution >= 0.6 is 0 Å². The van der Waals surface area contributed by atoms with Crippen molar-refractivity contribution in [1.82, 2.24) is 5.32 Å². The second kappa shape index (κ2) is 7.42. The minimum Gasteiger partial charge on any atom is -0.396 e. The molecule has 0 bridgehead atoms. The third-order valence-corrected chi connectivity index (χ3v) is 2.95. The summed E-state index contributed by atoms with van der Waals surface area (Å²) in [5.74, 6) is 0. The third kappa shape index (κ3) is 4.33. The first-order valence-corrected chi connectivity index (χ1v) is 6.19. The van der Waals surface area contributed by atoms with E-state index in [1.165, 1.54) is 5.56 Å². The van der Waals surface area contributed by atoms with Crippen LogP contribution in [0.1, 0.15) is 44.7 Å². The number of rotatable bonds is 7. The van der Waals surface area contributed by atoms with Crippen LogP contribution in [0.15, 0.2) is 30.3 Å². The minimum absolute atomic E-state index is 0.269. The van der Waals surface area contributed by atoms with Gasteiger partial charge in [0, 0.05) is 18.7 Å². The number of aliphatic hydroxyl groups excluding tert-OH is 1. The van der Waals surface area contributed by atoms with Crippen LogP contribution in [0.5, 0.6) is 0 Å². The first-order chi connectivity index (χ1) is 7.77. The van der Waals surface area contributed by atoms with Gasteiger partial charge in [-0.25, -0.2) is 0 Å². The number of hydrogen-bond donors (Lipinski definition) is 2. The van der Waals surface area contributed by atoms with Crippen LogP contribution in [0.2, 0.25) is 0 Å². The molecule has 2 heteroatoms. The lowest BCUT2D eigenvalue weighted by molar-refractivity contribution is 0.272. The Kier molecular flexibility index (Phi) is 6.12. The quantitative estimate of drug-likeness (QED) is 0.742. The summed E-state index contributed by atoms with van der Waals surface area (Å²) in [6.07, 6.45) is 2.97. The Balaban J connectivity index is 2.63. The van der Waals surface area contributed by atoms with Gasteiger partial charge in [-0.1, -0.05) is 37.3 Å². The zero-order valence-electron chi connectivity index (χ0n) is 10.3. The van der Waals surface area contributed by atoms with E-state index in [0.717, 1.165) is 19.3 Å². The van der Waals surface area contributed by atoms with Gasteiger partial charge in [0.2, 0.25) is 0 Å². The molecule has 2 atom stereocenters. The van der Waals surface area contributed by atoms with E-state index in [1.807, 2.05) is 6.07 Å². The molecule has 90 valence electrons. The molecule has 0 heterocycles. The Morgan fingerprint density at radius 3 is 2.50 bits per heavy atom. The number of hydrogen-bond acceptors (Lipinski definition) is 2. The van der Waals surface area contributed by atoms with Crippen molar-refractivity contribution in [3.8, 4) is 0 Å². The van der Waals surface area contributed by atoms with Crippen molar-refractivity contribution in [3.05, 3.63) is 35.9 Å². The number of aliphatic hydroxyl groups is 1. The van der Waals surface area contributed by atoms with Crippen LogP contribution in [0, 0.1) is 0 Å². The Labute approximate surface area is 98.7 Å². The lowest BCUT2D eigenvalue weighted by atomic mass is 10.0. The van der Waals surface area contributed by atoms with Gasteiger partial charge < -0.3 is 10.4 Å². The molecule has 0 aliphatic carbocycles. The molecule has 0 fully saturated rings. The van der Waals surface area contributed by atoms with Gasteiger partial charge in [-0.2, -0.15) is 0 Å². The van der Waals surface area contributed by atoms with E-state index >= 15 is 0 Å². The van der Waals surface area contributed by atoms with Gasteiger partial charge in [-0.05, 0) is 31.7 Å². The molecule has 2 nitrogen and oxygen atoms in total. The Hall–Kier alpha value is -0.860. The first-order valence-electron chi connectivity index (χ1n) is 6.19. The van der Waals surface area contributed by atoms with Crippen molar-refractivity contribution >= 4 is 0 Å². The Morgan fingerprint density at radius 1 is 1.25 bits per heavy atom. The zero-order valence-corrected chi connectivity index (χ0v) is 10.3. The summed E-state index contributed by atoms with van der Waals surface area (Å²) in [7, 11) is 0. The molecule has 0 saturated heterocycles. The molecule has 0 spiro atoms. The monoisotopic (exact) mass is 221 g/mol. The maximum atomic E-state index is 8.93. The van der Waals surface area contributed by atoms with Crippen LogP contribution in [0.4, 0.5) is 0 Å². The van der Waals surface area contributed by atoms with E-state index in [9.17, 15) is 0 Å². The molecule has 16 heavy (non-hydrogen) atoms. The van der Waals surface area contributed by atoms with Gasteiger partial charge in [0.25, 0.3) is 0 Å². The predicted molar refractivity (Wildman–Crippen MR) is 68.4 cm³/mol. The van der Waals surface area contributed by atoms with E-state index < -0.39 is 0 Å². The summed E-state index contributed by atoms with van der Waals surface area (Å²) >= 11 is 0. The molecule has 0 aromatic heterocycles. The van der Waals surface area contributed by atoms with E-state index in [-0.39, 0.29) is 6.61 Å². The highest BCUT2D eigenvalue weighted by atomic mass is 16.2. The topological polar surface area (TPSA) is 32.3 Å². The molecule has 0 aliphatic heterocycles. The molecule has 1 aromatic rings. The standard InChI is InChI=1S/C14H23NO/c1-3-12(2)15-14(10-7-11-16)13-8-5-4-6-9-13/h4-6,8-9,12,14-16H,3,7,10-11H2,1-2H3. The van der Waals surface area contributed by atoms with Gasteiger partial charge in [0.05, 0.1) is 0 Å². The average molecular weight is 221 g/mol. The lowest BCUT2D eigenvalue weighted by Crippen LogP contribution is -2.30. The fourth-order valence-electron chi connectivity index (χ4n) is 1.79. The first kappa shape index (κ1) is 13.2. The van der Waals surface area contributed by atoms with Crippen LogP contribution in [0.25, 0.3) is 0 Å². The molecule has 2 N–H and O–H groups in total. The normalized spacial score (nSPS) is 14.7. The van der Waals surface area contributed by atoms with E-state index in [0.29, 0.717) is 12.1 Å². The number of nitrogens with one attached hydrogen (secondary N) is 1. The molecular formula is C14H23NO. The van der Waals surface area contributed by atoms with E-state index in [4.69, 9.17) is 5.11 Å². The summed E-state index contributed by atoms with van der Waals surface area (Å²) < 4.78 is 0. The van der Waals surface area contributed by atoms with Gasteiger partial charge in [-0.3, -0.25) is 0 Å². The van der Waals surface area contributed by atoms with Crippen LogP contribution < -0.4 is 5.32 Å². The SMILES string of the molecule is CCC(C)NC(CCCO)c1ccccc1.